The summed E-state index contributed by atoms with van der Waals surface area (Å²) in [6.45, 7) is 6.35. The van der Waals surface area contributed by atoms with Crippen LogP contribution in [0.2, 0.25) is 0 Å². The van der Waals surface area contributed by atoms with Crippen LogP contribution in [0.25, 0.3) is 0 Å². The minimum Gasteiger partial charge on any atom is -0.371 e. The molecule has 0 radical (unpaired) electrons. The molecule has 1 heterocycles. The molecular formula is C16H25BrN4. The third-order valence-corrected chi connectivity index (χ3v) is 4.33. The third-order valence-electron chi connectivity index (χ3n) is 3.80. The second-order valence-corrected chi connectivity index (χ2v) is 6.37. The first-order valence-electron chi connectivity index (χ1n) is 7.68. The molecule has 1 fully saturated rings. The fourth-order valence-corrected chi connectivity index (χ4v) is 2.86. The van der Waals surface area contributed by atoms with E-state index in [0.717, 1.165) is 43.0 Å². The molecule has 0 saturated carbocycles. The molecule has 0 bridgehead atoms. The largest absolute Gasteiger partial charge is 0.371 e. The van der Waals surface area contributed by atoms with Gasteiger partial charge in [-0.15, -0.1) is 0 Å². The summed E-state index contributed by atoms with van der Waals surface area (Å²) in [5.41, 5.74) is 1.31. The normalized spacial score (nSPS) is 18.9. The molecule has 1 unspecified atom stereocenters. The van der Waals surface area contributed by atoms with Crippen molar-refractivity contribution in [1.29, 1.82) is 0 Å². The summed E-state index contributed by atoms with van der Waals surface area (Å²) in [5.74, 6) is 1.59. The molecule has 0 amide bonds. The van der Waals surface area contributed by atoms with Gasteiger partial charge in [0.15, 0.2) is 5.96 Å². The van der Waals surface area contributed by atoms with E-state index in [-0.39, 0.29) is 0 Å². The summed E-state index contributed by atoms with van der Waals surface area (Å²) in [4.78, 5) is 6.71. The number of nitrogens with one attached hydrogen (secondary N) is 2. The highest BCUT2D eigenvalue weighted by atomic mass is 79.9. The van der Waals surface area contributed by atoms with Crippen LogP contribution in [0.3, 0.4) is 0 Å². The zero-order chi connectivity index (χ0) is 15.1. The molecule has 2 N–H and O–H groups in total. The van der Waals surface area contributed by atoms with E-state index in [4.69, 9.17) is 0 Å². The van der Waals surface area contributed by atoms with E-state index >= 15 is 0 Å². The molecule has 4 nitrogen and oxygen atoms in total. The smallest absolute Gasteiger partial charge is 0.190 e. The van der Waals surface area contributed by atoms with E-state index in [1.165, 1.54) is 12.1 Å². The topological polar surface area (TPSA) is 39.7 Å². The molecule has 1 aliphatic heterocycles. The van der Waals surface area contributed by atoms with Crippen molar-refractivity contribution >= 4 is 27.6 Å². The Morgan fingerprint density at radius 3 is 2.76 bits per heavy atom. The lowest BCUT2D eigenvalue weighted by Gasteiger charge is -2.19. The lowest BCUT2D eigenvalue weighted by Crippen LogP contribution is -2.40. The van der Waals surface area contributed by atoms with E-state index in [9.17, 15) is 0 Å². The number of guanidine groups is 1. The predicted molar refractivity (Wildman–Crippen MR) is 94.1 cm³/mol. The summed E-state index contributed by atoms with van der Waals surface area (Å²) < 4.78 is 1.13. The number of aliphatic imine (C=N–C) groups is 1. The van der Waals surface area contributed by atoms with Gasteiger partial charge in [-0.3, -0.25) is 4.99 Å². The monoisotopic (exact) mass is 352 g/mol. The molecule has 116 valence electrons. The van der Waals surface area contributed by atoms with Crippen LogP contribution >= 0.6 is 15.9 Å². The number of anilines is 1. The van der Waals surface area contributed by atoms with Crippen molar-refractivity contribution in [3.05, 3.63) is 28.7 Å². The van der Waals surface area contributed by atoms with Gasteiger partial charge >= 0.3 is 0 Å². The Morgan fingerprint density at radius 2 is 2.10 bits per heavy atom. The van der Waals surface area contributed by atoms with Gasteiger partial charge in [0.05, 0.1) is 0 Å². The number of nitrogens with zero attached hydrogens (tertiary/aromatic N) is 2. The molecule has 0 spiro atoms. The number of benzene rings is 1. The standard InChI is InChI=1S/C16H25BrN4/c1-3-9-19-16(18-2)20-11-13-8-10-21(12-13)15-6-4-14(17)5-7-15/h4-7,13H,3,8-12H2,1-2H3,(H2,18,19,20). The second-order valence-electron chi connectivity index (χ2n) is 5.46. The van der Waals surface area contributed by atoms with Crippen LogP contribution in [0.5, 0.6) is 0 Å². The average Bonchev–Trinajstić information content (AvgIpc) is 2.97. The fourth-order valence-electron chi connectivity index (χ4n) is 2.59. The first-order valence-corrected chi connectivity index (χ1v) is 8.47. The molecule has 21 heavy (non-hydrogen) atoms. The Balaban J connectivity index is 1.78. The molecule has 1 atom stereocenters. The van der Waals surface area contributed by atoms with Crippen LogP contribution in [-0.4, -0.2) is 39.2 Å². The van der Waals surface area contributed by atoms with Gasteiger partial charge in [0.25, 0.3) is 0 Å². The number of rotatable bonds is 5. The predicted octanol–water partition coefficient (Wildman–Crippen LogP) is 2.85. The Morgan fingerprint density at radius 1 is 1.33 bits per heavy atom. The summed E-state index contributed by atoms with van der Waals surface area (Å²) >= 11 is 3.49. The lowest BCUT2D eigenvalue weighted by atomic mass is 10.1. The number of halogens is 1. The first-order chi connectivity index (χ1) is 10.2. The average molecular weight is 353 g/mol. The van der Waals surface area contributed by atoms with Gasteiger partial charge in [0.1, 0.15) is 0 Å². The zero-order valence-corrected chi connectivity index (χ0v) is 14.5. The first kappa shape index (κ1) is 16.1. The summed E-state index contributed by atoms with van der Waals surface area (Å²) in [6.07, 6.45) is 2.34. The zero-order valence-electron chi connectivity index (χ0n) is 12.9. The van der Waals surface area contributed by atoms with Gasteiger partial charge in [0.2, 0.25) is 0 Å². The van der Waals surface area contributed by atoms with E-state index in [2.05, 4.69) is 67.6 Å². The fraction of sp³-hybridized carbons (Fsp3) is 0.562. The SMILES string of the molecule is CCCNC(=NC)NCC1CCN(c2ccc(Br)cc2)C1. The van der Waals surface area contributed by atoms with Crippen molar-refractivity contribution in [3.63, 3.8) is 0 Å². The highest BCUT2D eigenvalue weighted by Crippen LogP contribution is 2.24. The van der Waals surface area contributed by atoms with Crippen molar-refractivity contribution in [1.82, 2.24) is 10.6 Å². The minimum atomic E-state index is 0.675. The molecule has 1 aromatic rings. The van der Waals surface area contributed by atoms with E-state index in [1.54, 1.807) is 0 Å². The molecule has 2 rings (SSSR count). The van der Waals surface area contributed by atoms with Crippen molar-refractivity contribution in [2.75, 3.05) is 38.1 Å². The van der Waals surface area contributed by atoms with Crippen LogP contribution in [0.4, 0.5) is 5.69 Å². The summed E-state index contributed by atoms with van der Waals surface area (Å²) in [7, 11) is 1.83. The van der Waals surface area contributed by atoms with Crippen LogP contribution < -0.4 is 15.5 Å². The minimum absolute atomic E-state index is 0.675. The van der Waals surface area contributed by atoms with Gasteiger partial charge in [-0.25, -0.2) is 0 Å². The number of hydrogen-bond donors (Lipinski definition) is 2. The van der Waals surface area contributed by atoms with E-state index < -0.39 is 0 Å². The quantitative estimate of drug-likeness (QED) is 0.632. The lowest BCUT2D eigenvalue weighted by molar-refractivity contribution is 0.565. The van der Waals surface area contributed by atoms with Gasteiger partial charge in [-0.2, -0.15) is 0 Å². The Kier molecular flexibility index (Phi) is 6.36. The highest BCUT2D eigenvalue weighted by Gasteiger charge is 2.22. The molecule has 1 aromatic carbocycles. The van der Waals surface area contributed by atoms with Crippen LogP contribution in [-0.2, 0) is 0 Å². The molecule has 1 saturated heterocycles. The van der Waals surface area contributed by atoms with Crippen LogP contribution in [0.1, 0.15) is 19.8 Å². The maximum absolute atomic E-state index is 4.25. The van der Waals surface area contributed by atoms with Gasteiger partial charge in [0, 0.05) is 43.4 Å². The molecular weight excluding hydrogens is 328 g/mol. The van der Waals surface area contributed by atoms with Crippen LogP contribution in [0.15, 0.2) is 33.7 Å². The molecule has 1 aliphatic rings. The van der Waals surface area contributed by atoms with Crippen LogP contribution in [0, 0.1) is 5.92 Å². The third kappa shape index (κ3) is 4.92. The van der Waals surface area contributed by atoms with Gasteiger partial charge in [-0.1, -0.05) is 22.9 Å². The van der Waals surface area contributed by atoms with Crippen molar-refractivity contribution in [2.24, 2.45) is 10.9 Å². The number of hydrogen-bond acceptors (Lipinski definition) is 2. The molecule has 5 heteroatoms. The van der Waals surface area contributed by atoms with Crippen molar-refractivity contribution in [3.8, 4) is 0 Å². The Bertz CT molecular complexity index is 458. The summed E-state index contributed by atoms with van der Waals surface area (Å²) in [5, 5.41) is 6.74. The van der Waals surface area contributed by atoms with Crippen molar-refractivity contribution in [2.45, 2.75) is 19.8 Å². The molecule has 0 aliphatic carbocycles. The van der Waals surface area contributed by atoms with Gasteiger partial charge in [-0.05, 0) is 43.0 Å². The maximum Gasteiger partial charge on any atom is 0.190 e. The second kappa shape index (κ2) is 8.27. The Hall–Kier alpha value is -1.23. The van der Waals surface area contributed by atoms with Gasteiger partial charge < -0.3 is 15.5 Å². The van der Waals surface area contributed by atoms with E-state index in [1.807, 2.05) is 7.05 Å². The van der Waals surface area contributed by atoms with Crippen molar-refractivity contribution < 1.29 is 0 Å². The summed E-state index contributed by atoms with van der Waals surface area (Å²) in [6, 6.07) is 8.58. The maximum atomic E-state index is 4.25. The Labute approximate surface area is 136 Å². The highest BCUT2D eigenvalue weighted by molar-refractivity contribution is 9.10. The van der Waals surface area contributed by atoms with E-state index in [0.29, 0.717) is 5.92 Å². The molecule has 0 aromatic heterocycles.